The molecule has 1 aliphatic rings. The predicted octanol–water partition coefficient (Wildman–Crippen LogP) is 4.91. The molecule has 1 nitrogen and oxygen atoms in total. The van der Waals surface area contributed by atoms with Crippen molar-refractivity contribution in [1.82, 2.24) is 0 Å². The quantitative estimate of drug-likeness (QED) is 0.700. The molecule has 94 valence electrons. The molecule has 0 spiro atoms. The Morgan fingerprint density at radius 1 is 1.18 bits per heavy atom. The number of ether oxygens (including phenoxy) is 1. The maximum atomic E-state index is 6.06. The zero-order valence-electron chi connectivity index (χ0n) is 11.1. The van der Waals surface area contributed by atoms with Gasteiger partial charge in [-0.2, -0.15) is 0 Å². The van der Waals surface area contributed by atoms with Crippen LogP contribution in [0.3, 0.4) is 0 Å². The molecule has 0 N–H and O–H groups in total. The van der Waals surface area contributed by atoms with Gasteiger partial charge < -0.3 is 4.74 Å². The number of hydrogen-bond acceptors (Lipinski definition) is 1. The molecule has 0 unspecified atom stereocenters. The lowest BCUT2D eigenvalue weighted by Gasteiger charge is -2.17. The Bertz CT molecular complexity index is 335. The maximum absolute atomic E-state index is 6.06. The first-order chi connectivity index (χ1) is 8.33. The third kappa shape index (κ3) is 3.24. The van der Waals surface area contributed by atoms with Gasteiger partial charge in [0, 0.05) is 0 Å². The van der Waals surface area contributed by atoms with Crippen LogP contribution in [0, 0.1) is 0 Å². The highest BCUT2D eigenvalue weighted by atomic mass is 16.5. The average Bonchev–Trinajstić information content (AvgIpc) is 2.84. The van der Waals surface area contributed by atoms with Crippen LogP contribution < -0.4 is 4.74 Å². The van der Waals surface area contributed by atoms with Crippen LogP contribution in [0.4, 0.5) is 0 Å². The van der Waals surface area contributed by atoms with E-state index in [1.54, 1.807) is 0 Å². The smallest absolute Gasteiger partial charge is 0.119 e. The summed E-state index contributed by atoms with van der Waals surface area (Å²) in [7, 11) is 0. The van der Waals surface area contributed by atoms with E-state index in [0.717, 1.165) is 5.75 Å². The summed E-state index contributed by atoms with van der Waals surface area (Å²) in [5, 5.41) is 0. The lowest BCUT2D eigenvalue weighted by Crippen LogP contribution is -2.11. The standard InChI is InChI=1S/C16H24O/c1-3-13(4-2)14-8-7-11-16(12-14)17-15-9-5-6-10-15/h7-8,11-13,15H,3-6,9-10H2,1-2H3. The van der Waals surface area contributed by atoms with E-state index in [9.17, 15) is 0 Å². The van der Waals surface area contributed by atoms with E-state index in [1.165, 1.54) is 44.1 Å². The zero-order chi connectivity index (χ0) is 12.1. The molecular weight excluding hydrogens is 208 g/mol. The van der Waals surface area contributed by atoms with Crippen molar-refractivity contribution in [3.05, 3.63) is 29.8 Å². The summed E-state index contributed by atoms with van der Waals surface area (Å²) in [4.78, 5) is 0. The second-order valence-electron chi connectivity index (χ2n) is 5.11. The minimum absolute atomic E-state index is 0.465. The van der Waals surface area contributed by atoms with Crippen LogP contribution in [-0.4, -0.2) is 6.10 Å². The summed E-state index contributed by atoms with van der Waals surface area (Å²) < 4.78 is 6.06. The van der Waals surface area contributed by atoms with Crippen molar-refractivity contribution >= 4 is 0 Å². The molecule has 0 heterocycles. The molecule has 17 heavy (non-hydrogen) atoms. The molecule has 1 aromatic rings. The van der Waals surface area contributed by atoms with Gasteiger partial charge in [-0.3, -0.25) is 0 Å². The van der Waals surface area contributed by atoms with Crippen LogP contribution >= 0.6 is 0 Å². The van der Waals surface area contributed by atoms with Gasteiger partial charge in [-0.1, -0.05) is 26.0 Å². The van der Waals surface area contributed by atoms with Crippen molar-refractivity contribution in [2.45, 2.75) is 64.4 Å². The average molecular weight is 232 g/mol. The second kappa shape index (κ2) is 6.09. The first-order valence-corrected chi connectivity index (χ1v) is 7.10. The lowest BCUT2D eigenvalue weighted by atomic mass is 9.94. The van der Waals surface area contributed by atoms with Crippen LogP contribution in [0.15, 0.2) is 24.3 Å². The Hall–Kier alpha value is -0.980. The van der Waals surface area contributed by atoms with E-state index < -0.39 is 0 Å². The molecule has 1 heteroatoms. The molecule has 1 saturated carbocycles. The van der Waals surface area contributed by atoms with Gasteiger partial charge in [0.1, 0.15) is 5.75 Å². The first kappa shape index (κ1) is 12.5. The van der Waals surface area contributed by atoms with Crippen molar-refractivity contribution in [2.75, 3.05) is 0 Å². The third-order valence-electron chi connectivity index (χ3n) is 3.92. The predicted molar refractivity (Wildman–Crippen MR) is 72.6 cm³/mol. The molecule has 1 aliphatic carbocycles. The van der Waals surface area contributed by atoms with Gasteiger partial charge >= 0.3 is 0 Å². The molecular formula is C16H24O. The van der Waals surface area contributed by atoms with Crippen LogP contribution in [0.25, 0.3) is 0 Å². The summed E-state index contributed by atoms with van der Waals surface area (Å²) >= 11 is 0. The van der Waals surface area contributed by atoms with Crippen molar-refractivity contribution in [3.63, 3.8) is 0 Å². The Kier molecular flexibility index (Phi) is 4.47. The van der Waals surface area contributed by atoms with Crippen molar-refractivity contribution < 1.29 is 4.74 Å². The molecule has 0 aliphatic heterocycles. The second-order valence-corrected chi connectivity index (χ2v) is 5.11. The monoisotopic (exact) mass is 232 g/mol. The van der Waals surface area contributed by atoms with Gasteiger partial charge in [0.25, 0.3) is 0 Å². The lowest BCUT2D eigenvalue weighted by molar-refractivity contribution is 0.209. The Labute approximate surface area is 105 Å². The summed E-state index contributed by atoms with van der Waals surface area (Å²) in [5.74, 6) is 1.75. The summed E-state index contributed by atoms with van der Waals surface area (Å²) in [6.07, 6.45) is 8.01. The first-order valence-electron chi connectivity index (χ1n) is 7.10. The molecule has 0 bridgehead atoms. The Morgan fingerprint density at radius 2 is 1.88 bits per heavy atom. The van der Waals surface area contributed by atoms with E-state index in [2.05, 4.69) is 38.1 Å². The molecule has 0 radical (unpaired) electrons. The fourth-order valence-corrected chi connectivity index (χ4v) is 2.80. The third-order valence-corrected chi connectivity index (χ3v) is 3.92. The van der Waals surface area contributed by atoms with Gasteiger partial charge in [0.2, 0.25) is 0 Å². The molecule has 1 fully saturated rings. The molecule has 1 aromatic carbocycles. The highest BCUT2D eigenvalue weighted by molar-refractivity contribution is 5.31. The largest absolute Gasteiger partial charge is 0.490 e. The minimum atomic E-state index is 0.465. The highest BCUT2D eigenvalue weighted by Gasteiger charge is 2.17. The van der Waals surface area contributed by atoms with Crippen molar-refractivity contribution in [1.29, 1.82) is 0 Å². The Balaban J connectivity index is 2.04. The Morgan fingerprint density at radius 3 is 2.53 bits per heavy atom. The minimum Gasteiger partial charge on any atom is -0.490 e. The molecule has 0 atom stereocenters. The van der Waals surface area contributed by atoms with Crippen molar-refractivity contribution in [3.8, 4) is 5.75 Å². The summed E-state index contributed by atoms with van der Waals surface area (Å²) in [5.41, 5.74) is 1.44. The molecule has 0 saturated heterocycles. The fourth-order valence-electron chi connectivity index (χ4n) is 2.80. The molecule has 0 aromatic heterocycles. The van der Waals surface area contributed by atoms with Gasteiger partial charge in [0.15, 0.2) is 0 Å². The van der Waals surface area contributed by atoms with Crippen LogP contribution in [0.2, 0.25) is 0 Å². The van der Waals surface area contributed by atoms with Gasteiger partial charge in [0.05, 0.1) is 6.10 Å². The van der Waals surface area contributed by atoms with Crippen molar-refractivity contribution in [2.24, 2.45) is 0 Å². The van der Waals surface area contributed by atoms with E-state index in [0.29, 0.717) is 12.0 Å². The number of hydrogen-bond donors (Lipinski definition) is 0. The van der Waals surface area contributed by atoms with E-state index in [-0.39, 0.29) is 0 Å². The zero-order valence-corrected chi connectivity index (χ0v) is 11.1. The molecule has 0 amide bonds. The van der Waals surface area contributed by atoms with E-state index >= 15 is 0 Å². The number of benzene rings is 1. The van der Waals surface area contributed by atoms with E-state index in [4.69, 9.17) is 4.74 Å². The van der Waals surface area contributed by atoms with Crippen LogP contribution in [0.1, 0.15) is 63.9 Å². The normalized spacial score (nSPS) is 16.6. The fraction of sp³-hybridized carbons (Fsp3) is 0.625. The van der Waals surface area contributed by atoms with Crippen LogP contribution in [0.5, 0.6) is 5.75 Å². The van der Waals surface area contributed by atoms with Gasteiger partial charge in [-0.25, -0.2) is 0 Å². The van der Waals surface area contributed by atoms with E-state index in [1.807, 2.05) is 0 Å². The topological polar surface area (TPSA) is 9.23 Å². The summed E-state index contributed by atoms with van der Waals surface area (Å²) in [6, 6.07) is 8.72. The summed E-state index contributed by atoms with van der Waals surface area (Å²) in [6.45, 7) is 4.53. The SMILES string of the molecule is CCC(CC)c1cccc(OC2CCCC2)c1. The van der Waals surface area contributed by atoms with Crippen LogP contribution in [-0.2, 0) is 0 Å². The highest BCUT2D eigenvalue weighted by Crippen LogP contribution is 2.28. The molecule has 2 rings (SSSR count). The number of rotatable bonds is 5. The maximum Gasteiger partial charge on any atom is 0.119 e. The van der Waals surface area contributed by atoms with Gasteiger partial charge in [-0.15, -0.1) is 0 Å². The van der Waals surface area contributed by atoms with Gasteiger partial charge in [-0.05, 0) is 62.1 Å².